The molecule has 1 aliphatic carbocycles. The van der Waals surface area contributed by atoms with Gasteiger partial charge in [0.2, 0.25) is 0 Å². The fourth-order valence-corrected chi connectivity index (χ4v) is 4.44. The van der Waals surface area contributed by atoms with Crippen LogP contribution in [0.25, 0.3) is 11.0 Å². The zero-order valence-corrected chi connectivity index (χ0v) is 14.9. The molecule has 134 valence electrons. The number of benzene rings is 1. The summed E-state index contributed by atoms with van der Waals surface area (Å²) in [7, 11) is 0. The van der Waals surface area contributed by atoms with Crippen LogP contribution in [0, 0.1) is 18.8 Å². The Morgan fingerprint density at radius 1 is 1.32 bits per heavy atom. The Labute approximate surface area is 148 Å². The van der Waals surface area contributed by atoms with Crippen molar-refractivity contribution in [2.75, 3.05) is 13.1 Å². The Hall–Kier alpha value is -1.88. The van der Waals surface area contributed by atoms with Crippen LogP contribution in [0.5, 0.6) is 0 Å². The van der Waals surface area contributed by atoms with Gasteiger partial charge in [0.25, 0.3) is 0 Å². The van der Waals surface area contributed by atoms with Crippen molar-refractivity contribution >= 4 is 17.0 Å². The molecule has 1 aromatic heterocycles. The van der Waals surface area contributed by atoms with E-state index in [0.29, 0.717) is 5.92 Å². The third-order valence-electron chi connectivity index (χ3n) is 6.09. The minimum atomic E-state index is -0.674. The minimum absolute atomic E-state index is 0.253. The highest BCUT2D eigenvalue weighted by atomic mass is 16.4. The molecule has 2 aliphatic rings. The smallest absolute Gasteiger partial charge is 0.303 e. The van der Waals surface area contributed by atoms with Crippen molar-refractivity contribution in [3.63, 3.8) is 0 Å². The van der Waals surface area contributed by atoms with E-state index in [0.717, 1.165) is 48.8 Å². The number of hydrogen-bond donors (Lipinski definition) is 2. The summed E-state index contributed by atoms with van der Waals surface area (Å²) >= 11 is 0. The number of carbonyl (C=O) groups is 1. The number of nitrogens with one attached hydrogen (secondary N) is 1. The first-order chi connectivity index (χ1) is 12.1. The fraction of sp³-hybridized carbons (Fsp3) is 0.600. The first kappa shape index (κ1) is 16.6. The second kappa shape index (κ2) is 6.79. The zero-order valence-electron chi connectivity index (χ0n) is 14.9. The molecule has 1 saturated heterocycles. The average molecular weight is 341 g/mol. The lowest BCUT2D eigenvalue weighted by molar-refractivity contribution is -0.139. The third-order valence-corrected chi connectivity index (χ3v) is 6.09. The molecule has 2 aromatic rings. The summed E-state index contributed by atoms with van der Waals surface area (Å²) in [6.07, 6.45) is 6.07. The Kier molecular flexibility index (Phi) is 4.50. The molecule has 4 rings (SSSR count). The Morgan fingerprint density at radius 2 is 2.16 bits per heavy atom. The summed E-state index contributed by atoms with van der Waals surface area (Å²) < 4.78 is 0. The number of aromatic nitrogens is 2. The number of carboxylic acids is 1. The minimum Gasteiger partial charge on any atom is -0.481 e. The lowest BCUT2D eigenvalue weighted by Gasteiger charge is -2.45. The van der Waals surface area contributed by atoms with E-state index in [-0.39, 0.29) is 12.3 Å². The summed E-state index contributed by atoms with van der Waals surface area (Å²) in [5.41, 5.74) is 3.30. The Morgan fingerprint density at radius 3 is 2.88 bits per heavy atom. The molecule has 1 aromatic carbocycles. The largest absolute Gasteiger partial charge is 0.481 e. The van der Waals surface area contributed by atoms with Gasteiger partial charge in [0.15, 0.2) is 0 Å². The highest BCUT2D eigenvalue weighted by Crippen LogP contribution is 2.34. The number of hydrogen-bond acceptors (Lipinski definition) is 3. The van der Waals surface area contributed by atoms with Gasteiger partial charge in [-0.05, 0) is 62.3 Å². The van der Waals surface area contributed by atoms with Gasteiger partial charge >= 0.3 is 5.97 Å². The molecule has 2 heterocycles. The van der Waals surface area contributed by atoms with Crippen molar-refractivity contribution in [2.45, 2.75) is 51.5 Å². The lowest BCUT2D eigenvalue weighted by Crippen LogP contribution is -2.49. The summed E-state index contributed by atoms with van der Waals surface area (Å²) in [6.45, 7) is 4.15. The maximum atomic E-state index is 11.3. The summed E-state index contributed by atoms with van der Waals surface area (Å²) in [5.74, 6) is 0.944. The quantitative estimate of drug-likeness (QED) is 0.875. The molecule has 0 unspecified atom stereocenters. The molecule has 0 amide bonds. The predicted molar refractivity (Wildman–Crippen MR) is 97.6 cm³/mol. The van der Waals surface area contributed by atoms with Crippen LogP contribution in [-0.2, 0) is 11.2 Å². The van der Waals surface area contributed by atoms with Gasteiger partial charge in [0.1, 0.15) is 5.82 Å². The van der Waals surface area contributed by atoms with Gasteiger partial charge in [0.05, 0.1) is 11.0 Å². The standard InChI is InChI=1S/C20H27N3O2/c1-13-5-6-17-18(9-13)22-19(21-17)10-15-12-23(16-3-2-4-16)8-7-14(15)11-20(24)25/h5-6,9,14-16H,2-4,7-8,10-12H2,1H3,(H,21,22)(H,24,25)/t14-,15-/m0/s1. The van der Waals surface area contributed by atoms with Crippen LogP contribution in [0.3, 0.4) is 0 Å². The molecular weight excluding hydrogens is 314 g/mol. The highest BCUT2D eigenvalue weighted by molar-refractivity contribution is 5.75. The van der Waals surface area contributed by atoms with Crippen LogP contribution in [-0.4, -0.2) is 45.1 Å². The van der Waals surface area contributed by atoms with Crippen molar-refractivity contribution in [3.8, 4) is 0 Å². The van der Waals surface area contributed by atoms with E-state index in [4.69, 9.17) is 4.98 Å². The molecular formula is C20H27N3O2. The van der Waals surface area contributed by atoms with Crippen LogP contribution in [0.1, 0.15) is 43.5 Å². The number of rotatable bonds is 5. The predicted octanol–water partition coefficient (Wildman–Crippen LogP) is 3.38. The van der Waals surface area contributed by atoms with E-state index in [2.05, 4.69) is 35.0 Å². The number of carboxylic acid groups (broad SMARTS) is 1. The molecule has 0 bridgehead atoms. The number of aliphatic carboxylic acids is 1. The fourth-order valence-electron chi connectivity index (χ4n) is 4.44. The average Bonchev–Trinajstić information content (AvgIpc) is 2.89. The monoisotopic (exact) mass is 341 g/mol. The van der Waals surface area contributed by atoms with Crippen LogP contribution >= 0.6 is 0 Å². The van der Waals surface area contributed by atoms with Gasteiger partial charge in [0, 0.05) is 25.4 Å². The van der Waals surface area contributed by atoms with E-state index in [1.165, 1.54) is 24.8 Å². The molecule has 0 radical (unpaired) electrons. The lowest BCUT2D eigenvalue weighted by atomic mass is 9.79. The molecule has 5 nitrogen and oxygen atoms in total. The third kappa shape index (κ3) is 3.56. The second-order valence-electron chi connectivity index (χ2n) is 7.89. The van der Waals surface area contributed by atoms with Crippen LogP contribution < -0.4 is 0 Å². The van der Waals surface area contributed by atoms with E-state index in [1.54, 1.807) is 0 Å². The van der Waals surface area contributed by atoms with E-state index in [1.807, 2.05) is 0 Å². The molecule has 2 fully saturated rings. The number of likely N-dealkylation sites (tertiary alicyclic amines) is 1. The van der Waals surface area contributed by atoms with E-state index < -0.39 is 5.97 Å². The normalized spacial score (nSPS) is 25.2. The highest BCUT2D eigenvalue weighted by Gasteiger charge is 2.35. The summed E-state index contributed by atoms with van der Waals surface area (Å²) in [5, 5.41) is 9.29. The van der Waals surface area contributed by atoms with Crippen LogP contribution in [0.15, 0.2) is 18.2 Å². The van der Waals surface area contributed by atoms with Crippen molar-refractivity contribution in [1.29, 1.82) is 0 Å². The molecule has 0 spiro atoms. The van der Waals surface area contributed by atoms with Gasteiger partial charge in [-0.3, -0.25) is 4.79 Å². The zero-order chi connectivity index (χ0) is 17.4. The molecule has 1 aliphatic heterocycles. The van der Waals surface area contributed by atoms with Crippen molar-refractivity contribution in [2.24, 2.45) is 11.8 Å². The number of aryl methyl sites for hydroxylation is 1. The molecule has 2 N–H and O–H groups in total. The first-order valence-electron chi connectivity index (χ1n) is 9.49. The SMILES string of the molecule is Cc1ccc2nc(C[C@H]3CN(C4CCC4)CC[C@H]3CC(=O)O)[nH]c2c1. The van der Waals surface area contributed by atoms with Gasteiger partial charge in [-0.2, -0.15) is 0 Å². The van der Waals surface area contributed by atoms with E-state index in [9.17, 15) is 9.90 Å². The van der Waals surface area contributed by atoms with Gasteiger partial charge < -0.3 is 15.0 Å². The maximum Gasteiger partial charge on any atom is 0.303 e. The number of fused-ring (bicyclic) bond motifs is 1. The van der Waals surface area contributed by atoms with E-state index >= 15 is 0 Å². The molecule has 1 saturated carbocycles. The number of nitrogens with zero attached hydrogens (tertiary/aromatic N) is 2. The molecule has 25 heavy (non-hydrogen) atoms. The summed E-state index contributed by atoms with van der Waals surface area (Å²) in [6, 6.07) is 6.99. The Balaban J connectivity index is 1.52. The van der Waals surface area contributed by atoms with Gasteiger partial charge in [-0.15, -0.1) is 0 Å². The molecule has 2 atom stereocenters. The number of H-pyrrole nitrogens is 1. The van der Waals surface area contributed by atoms with Crippen molar-refractivity contribution in [1.82, 2.24) is 14.9 Å². The van der Waals surface area contributed by atoms with Crippen molar-refractivity contribution < 1.29 is 9.90 Å². The van der Waals surface area contributed by atoms with Gasteiger partial charge in [-0.25, -0.2) is 4.98 Å². The molecule has 5 heteroatoms. The number of aromatic amines is 1. The first-order valence-corrected chi connectivity index (χ1v) is 9.49. The number of piperidine rings is 1. The maximum absolute atomic E-state index is 11.3. The summed E-state index contributed by atoms with van der Waals surface area (Å²) in [4.78, 5) is 22.1. The van der Waals surface area contributed by atoms with Gasteiger partial charge in [-0.1, -0.05) is 12.5 Å². The Bertz CT molecular complexity index is 765. The topological polar surface area (TPSA) is 69.2 Å². The van der Waals surface area contributed by atoms with Crippen molar-refractivity contribution in [3.05, 3.63) is 29.6 Å². The second-order valence-corrected chi connectivity index (χ2v) is 7.89. The van der Waals surface area contributed by atoms with Crippen LogP contribution in [0.4, 0.5) is 0 Å². The van der Waals surface area contributed by atoms with Crippen LogP contribution in [0.2, 0.25) is 0 Å². The number of imidazole rings is 1.